The van der Waals surface area contributed by atoms with Crippen LogP contribution in [0.25, 0.3) is 0 Å². The smallest absolute Gasteiger partial charge is 0.140 e. The average molecular weight is 245 g/mol. The zero-order valence-electron chi connectivity index (χ0n) is 10.7. The van der Waals surface area contributed by atoms with Crippen LogP contribution in [0.4, 0.5) is 0 Å². The van der Waals surface area contributed by atoms with Gasteiger partial charge in [-0.2, -0.15) is 5.06 Å². The minimum absolute atomic E-state index is 0.0731. The molecule has 3 heteroatoms. The van der Waals surface area contributed by atoms with Crippen molar-refractivity contribution in [2.24, 2.45) is 5.92 Å². The highest BCUT2D eigenvalue weighted by atomic mass is 16.7. The van der Waals surface area contributed by atoms with E-state index >= 15 is 0 Å². The predicted octanol–water partition coefficient (Wildman–Crippen LogP) is 2.21. The van der Waals surface area contributed by atoms with Gasteiger partial charge in [0.15, 0.2) is 0 Å². The topological polar surface area (TPSA) is 29.5 Å². The molecule has 1 heterocycles. The van der Waals surface area contributed by atoms with Gasteiger partial charge in [-0.15, -0.1) is 0 Å². The van der Waals surface area contributed by atoms with Crippen LogP contribution in [-0.2, 0) is 16.1 Å². The lowest BCUT2D eigenvalue weighted by molar-refractivity contribution is -0.149. The van der Waals surface area contributed by atoms with E-state index in [4.69, 9.17) is 4.84 Å². The van der Waals surface area contributed by atoms with E-state index in [2.05, 4.69) is 12.1 Å². The third-order valence-corrected chi connectivity index (χ3v) is 4.16. The van der Waals surface area contributed by atoms with E-state index in [1.807, 2.05) is 30.3 Å². The molecule has 96 valence electrons. The normalized spacial score (nSPS) is 32.5. The van der Waals surface area contributed by atoms with Crippen LogP contribution in [0, 0.1) is 5.92 Å². The van der Waals surface area contributed by atoms with Gasteiger partial charge in [0.1, 0.15) is 5.78 Å². The first-order valence-corrected chi connectivity index (χ1v) is 6.72. The fourth-order valence-corrected chi connectivity index (χ4v) is 3.24. The fourth-order valence-electron chi connectivity index (χ4n) is 3.24. The first kappa shape index (κ1) is 11.9. The van der Waals surface area contributed by atoms with Crippen molar-refractivity contribution in [3.63, 3.8) is 0 Å². The van der Waals surface area contributed by atoms with E-state index in [9.17, 15) is 4.79 Å². The van der Waals surface area contributed by atoms with Crippen molar-refractivity contribution in [1.82, 2.24) is 5.06 Å². The largest absolute Gasteiger partial charge is 0.299 e. The lowest BCUT2D eigenvalue weighted by Crippen LogP contribution is -2.38. The number of nitrogens with zero attached hydrogens (tertiary/aromatic N) is 1. The van der Waals surface area contributed by atoms with E-state index in [1.165, 1.54) is 5.56 Å². The van der Waals surface area contributed by atoms with Crippen molar-refractivity contribution >= 4 is 5.78 Å². The van der Waals surface area contributed by atoms with E-state index in [0.29, 0.717) is 5.78 Å². The van der Waals surface area contributed by atoms with Gasteiger partial charge in [0.05, 0.1) is 18.1 Å². The van der Waals surface area contributed by atoms with Gasteiger partial charge in [0.2, 0.25) is 0 Å². The first-order chi connectivity index (χ1) is 8.75. The lowest BCUT2D eigenvalue weighted by Gasteiger charge is -2.25. The van der Waals surface area contributed by atoms with E-state index in [1.54, 1.807) is 0 Å². The van der Waals surface area contributed by atoms with Crippen molar-refractivity contribution in [1.29, 1.82) is 0 Å². The van der Waals surface area contributed by atoms with Crippen LogP contribution < -0.4 is 0 Å². The molecule has 0 amide bonds. The van der Waals surface area contributed by atoms with Gasteiger partial charge in [-0.05, 0) is 24.8 Å². The summed E-state index contributed by atoms with van der Waals surface area (Å²) in [5.74, 6) is 0.459. The number of hydrogen-bond acceptors (Lipinski definition) is 3. The summed E-state index contributed by atoms with van der Waals surface area (Å²) in [5.41, 5.74) is 1.27. The highest BCUT2D eigenvalue weighted by Crippen LogP contribution is 2.36. The Morgan fingerprint density at radius 3 is 2.89 bits per heavy atom. The second-order valence-corrected chi connectivity index (χ2v) is 5.33. The fraction of sp³-hybridized carbons (Fsp3) is 0.533. The van der Waals surface area contributed by atoms with Crippen molar-refractivity contribution in [3.8, 4) is 0 Å². The second kappa shape index (κ2) is 4.82. The van der Waals surface area contributed by atoms with Gasteiger partial charge < -0.3 is 0 Å². The summed E-state index contributed by atoms with van der Waals surface area (Å²) in [4.78, 5) is 17.9. The minimum Gasteiger partial charge on any atom is -0.299 e. The standard InChI is InChI=1S/C15H19NO2/c1-16-12(10-11-6-3-2-4-7-11)15-13(17)8-5-9-14(15)18-16/h2-4,6-7,12,14-15H,5,8-10H2,1H3/t12-,14+,15-/m1/s1. The third-order valence-electron chi connectivity index (χ3n) is 4.16. The molecule has 1 aliphatic carbocycles. The molecule has 0 bridgehead atoms. The molecule has 2 aliphatic rings. The van der Waals surface area contributed by atoms with Crippen LogP contribution in [0.5, 0.6) is 0 Å². The quantitative estimate of drug-likeness (QED) is 0.800. The molecule has 0 radical (unpaired) electrons. The molecule has 3 rings (SSSR count). The molecule has 0 spiro atoms. The molecule has 0 unspecified atom stereocenters. The first-order valence-electron chi connectivity index (χ1n) is 6.72. The number of hydroxylamine groups is 2. The molecule has 0 N–H and O–H groups in total. The Labute approximate surface area is 108 Å². The van der Waals surface area contributed by atoms with E-state index in [-0.39, 0.29) is 18.1 Å². The van der Waals surface area contributed by atoms with Crippen LogP contribution in [0.15, 0.2) is 30.3 Å². The number of carbonyl (C=O) groups excluding carboxylic acids is 1. The Morgan fingerprint density at radius 2 is 2.11 bits per heavy atom. The van der Waals surface area contributed by atoms with Crippen molar-refractivity contribution in [2.45, 2.75) is 37.8 Å². The number of rotatable bonds is 2. The summed E-state index contributed by atoms with van der Waals surface area (Å²) in [7, 11) is 1.96. The number of carbonyl (C=O) groups is 1. The number of Topliss-reactive ketones (excluding diaryl/α,β-unsaturated/α-hetero) is 1. The van der Waals surface area contributed by atoms with Gasteiger partial charge in [-0.3, -0.25) is 9.63 Å². The Kier molecular flexibility index (Phi) is 3.18. The zero-order valence-corrected chi connectivity index (χ0v) is 10.7. The van der Waals surface area contributed by atoms with Crippen LogP contribution in [0.1, 0.15) is 24.8 Å². The Balaban J connectivity index is 1.80. The molecule has 3 nitrogen and oxygen atoms in total. The van der Waals surface area contributed by atoms with Crippen LogP contribution in [0.3, 0.4) is 0 Å². The maximum atomic E-state index is 12.1. The third kappa shape index (κ3) is 2.08. The van der Waals surface area contributed by atoms with Crippen LogP contribution in [-0.4, -0.2) is 30.0 Å². The summed E-state index contributed by atoms with van der Waals surface area (Å²) < 4.78 is 0. The minimum atomic E-state index is 0.0731. The molecule has 1 saturated heterocycles. The number of likely N-dealkylation sites (N-methyl/N-ethyl adjacent to an activating group) is 1. The molecule has 18 heavy (non-hydrogen) atoms. The highest BCUT2D eigenvalue weighted by Gasteiger charge is 2.46. The van der Waals surface area contributed by atoms with Crippen molar-refractivity contribution < 1.29 is 9.63 Å². The molecule has 3 atom stereocenters. The lowest BCUT2D eigenvalue weighted by atomic mass is 9.79. The number of fused-ring (bicyclic) bond motifs is 1. The Bertz CT molecular complexity index is 431. The van der Waals surface area contributed by atoms with E-state index < -0.39 is 0 Å². The van der Waals surface area contributed by atoms with Gasteiger partial charge >= 0.3 is 0 Å². The van der Waals surface area contributed by atoms with Gasteiger partial charge in [0, 0.05) is 13.5 Å². The zero-order chi connectivity index (χ0) is 12.5. The summed E-state index contributed by atoms with van der Waals surface area (Å²) in [6, 6.07) is 10.6. The molecular formula is C15H19NO2. The molecule has 0 aromatic heterocycles. The second-order valence-electron chi connectivity index (χ2n) is 5.33. The number of benzene rings is 1. The summed E-state index contributed by atoms with van der Waals surface area (Å²) in [6.07, 6.45) is 3.73. The molecule has 1 aliphatic heterocycles. The molecule has 1 aromatic rings. The summed E-state index contributed by atoms with van der Waals surface area (Å²) >= 11 is 0. The Morgan fingerprint density at radius 1 is 1.33 bits per heavy atom. The Hall–Kier alpha value is -1.19. The monoisotopic (exact) mass is 245 g/mol. The SMILES string of the molecule is CN1O[C@H]2CCCC(=O)[C@H]2[C@H]1Cc1ccccc1. The van der Waals surface area contributed by atoms with Crippen molar-refractivity contribution in [3.05, 3.63) is 35.9 Å². The molecular weight excluding hydrogens is 226 g/mol. The molecule has 2 fully saturated rings. The number of hydrogen-bond donors (Lipinski definition) is 0. The van der Waals surface area contributed by atoms with Gasteiger partial charge in [0.25, 0.3) is 0 Å². The predicted molar refractivity (Wildman–Crippen MR) is 68.9 cm³/mol. The average Bonchev–Trinajstić information content (AvgIpc) is 2.69. The maximum absolute atomic E-state index is 12.1. The molecule has 1 saturated carbocycles. The van der Waals surface area contributed by atoms with Crippen LogP contribution >= 0.6 is 0 Å². The van der Waals surface area contributed by atoms with Crippen LogP contribution in [0.2, 0.25) is 0 Å². The maximum Gasteiger partial charge on any atom is 0.140 e. The highest BCUT2D eigenvalue weighted by molar-refractivity contribution is 5.83. The van der Waals surface area contributed by atoms with E-state index in [0.717, 1.165) is 25.7 Å². The van der Waals surface area contributed by atoms with Crippen molar-refractivity contribution in [2.75, 3.05) is 7.05 Å². The summed E-state index contributed by atoms with van der Waals surface area (Å²) in [5, 5.41) is 1.91. The number of ketones is 1. The molecule has 1 aromatic carbocycles. The summed E-state index contributed by atoms with van der Waals surface area (Å²) in [6.45, 7) is 0. The van der Waals surface area contributed by atoms with Gasteiger partial charge in [-0.25, -0.2) is 0 Å². The van der Waals surface area contributed by atoms with Gasteiger partial charge in [-0.1, -0.05) is 30.3 Å².